The second-order valence-electron chi connectivity index (χ2n) is 2.81. The molecule has 0 N–H and O–H groups in total. The van der Waals surface area contributed by atoms with Gasteiger partial charge in [0.15, 0.2) is 0 Å². The molecule has 0 aromatic heterocycles. The fraction of sp³-hybridized carbons (Fsp3) is 1.00. The monoisotopic (exact) mass is 223 g/mol. The van der Waals surface area contributed by atoms with Crippen LogP contribution in [0.4, 0.5) is 0 Å². The number of hydrogen-bond donors (Lipinski definition) is 0. The molecule has 0 atom stereocenters. The predicted octanol–water partition coefficient (Wildman–Crippen LogP) is 5.22. The summed E-state index contributed by atoms with van der Waals surface area (Å²) in [5.74, 6) is 1.34. The Bertz CT molecular complexity index is 68.9. The van der Waals surface area contributed by atoms with Crippen LogP contribution in [0.5, 0.6) is 0 Å². The molecule has 0 saturated carbocycles. The Labute approximate surface area is 87.0 Å². The van der Waals surface area contributed by atoms with Crippen LogP contribution in [0.25, 0.3) is 0 Å². The lowest BCUT2D eigenvalue weighted by molar-refractivity contribution is 0.780. The largest absolute Gasteiger partial charge is 0.0892 e. The zero-order valence-electron chi connectivity index (χ0n) is 8.21. The van der Waals surface area contributed by atoms with Crippen molar-refractivity contribution in [1.82, 2.24) is 0 Å². The lowest BCUT2D eigenvalue weighted by Crippen LogP contribution is -1.75. The summed E-state index contributed by atoms with van der Waals surface area (Å²) in [6, 6.07) is 0. The van der Waals surface area contributed by atoms with Gasteiger partial charge in [0.25, 0.3) is 0 Å². The Hall–Kier alpha value is 1.13. The van der Waals surface area contributed by atoms with Crippen LogP contribution in [0.3, 0.4) is 0 Å². The van der Waals surface area contributed by atoms with Crippen molar-refractivity contribution in [2.45, 2.75) is 46.0 Å². The molecule has 1 radical (unpaired) electrons. The highest BCUT2D eigenvalue weighted by Crippen LogP contribution is 2.41. The average Bonchev–Trinajstić information content (AvgIpc) is 2.10. The van der Waals surface area contributed by atoms with E-state index in [-0.39, 0.29) is 0 Å². The molecular weight excluding hydrogens is 203 g/mol. The van der Waals surface area contributed by atoms with E-state index in [1.165, 1.54) is 44.0 Å². The second kappa shape index (κ2) is 12.1. The normalized spacial score (nSPS) is 11.5. The van der Waals surface area contributed by atoms with E-state index in [0.717, 1.165) is 0 Å². The third-order valence-electron chi connectivity index (χ3n) is 1.54. The number of unbranched alkanes of at least 4 members (excludes halogenated alkanes) is 3. The van der Waals surface area contributed by atoms with Gasteiger partial charge in [0, 0.05) is 13.5 Å². The van der Waals surface area contributed by atoms with Gasteiger partial charge in [0.2, 0.25) is 0 Å². The molecule has 0 bridgehead atoms. The van der Waals surface area contributed by atoms with Crippen LogP contribution >= 0.6 is 29.0 Å². The Kier molecular flexibility index (Phi) is 13.3. The summed E-state index contributed by atoms with van der Waals surface area (Å²) in [6.07, 6.45) is 8.26. The van der Waals surface area contributed by atoms with Gasteiger partial charge in [0.05, 0.1) is 0 Å². The van der Waals surface area contributed by atoms with E-state index in [2.05, 4.69) is 13.8 Å². The summed E-state index contributed by atoms with van der Waals surface area (Å²) < 4.78 is 0. The Morgan fingerprint density at radius 1 is 1.00 bits per heavy atom. The summed E-state index contributed by atoms with van der Waals surface area (Å²) >= 11 is 0. The summed E-state index contributed by atoms with van der Waals surface area (Å²) in [5.41, 5.74) is 0. The van der Waals surface area contributed by atoms with Crippen LogP contribution in [0, 0.1) is 0 Å². The molecule has 0 fully saturated rings. The van der Waals surface area contributed by atoms with E-state index in [1.54, 1.807) is 7.78 Å². The summed E-state index contributed by atoms with van der Waals surface area (Å²) in [7, 11) is 5.65. The van der Waals surface area contributed by atoms with Gasteiger partial charge in [-0.15, -0.1) is 0 Å². The van der Waals surface area contributed by atoms with Crippen LogP contribution in [-0.4, -0.2) is 11.9 Å². The fourth-order valence-corrected chi connectivity index (χ4v) is 5.16. The van der Waals surface area contributed by atoms with Crippen molar-refractivity contribution in [2.24, 2.45) is 0 Å². The second-order valence-corrected chi connectivity index (χ2v) is 7.58. The van der Waals surface area contributed by atoms with Crippen LogP contribution in [-0.2, 0) is 0 Å². The highest BCUT2D eigenvalue weighted by Gasteiger charge is 1.91. The molecule has 0 amide bonds. The highest BCUT2D eigenvalue weighted by molar-refractivity contribution is 8.96. The highest BCUT2D eigenvalue weighted by atomic mass is 33.3. The Balaban J connectivity index is 2.73. The molecule has 0 aromatic carbocycles. The zero-order valence-corrected chi connectivity index (χ0v) is 10.7. The molecule has 12 heavy (non-hydrogen) atoms. The first-order valence-electron chi connectivity index (χ1n) is 4.87. The van der Waals surface area contributed by atoms with Gasteiger partial charge >= 0.3 is 0 Å². The van der Waals surface area contributed by atoms with E-state index in [9.17, 15) is 0 Å². The van der Waals surface area contributed by atoms with Gasteiger partial charge in [-0.25, -0.2) is 0 Å². The fourth-order valence-electron chi connectivity index (χ4n) is 0.745. The van der Waals surface area contributed by atoms with Gasteiger partial charge in [-0.1, -0.05) is 54.3 Å². The SMILES string of the molecule is CCCCCSS[P]CCCC. The molecular formula is C9H20PS2. The van der Waals surface area contributed by atoms with Crippen molar-refractivity contribution in [2.75, 3.05) is 11.9 Å². The lowest BCUT2D eigenvalue weighted by Gasteiger charge is -1.98. The lowest BCUT2D eigenvalue weighted by atomic mass is 10.3. The first-order valence-corrected chi connectivity index (χ1v) is 8.87. The minimum Gasteiger partial charge on any atom is -0.0892 e. The van der Waals surface area contributed by atoms with Crippen LogP contribution in [0.2, 0.25) is 0 Å². The molecule has 0 unspecified atom stereocenters. The summed E-state index contributed by atoms with van der Waals surface area (Å²) in [6.45, 7) is 4.52. The Morgan fingerprint density at radius 3 is 2.42 bits per heavy atom. The first-order chi connectivity index (χ1) is 5.91. The topological polar surface area (TPSA) is 0 Å². The van der Waals surface area contributed by atoms with E-state index < -0.39 is 0 Å². The maximum absolute atomic E-state index is 2.26. The molecule has 0 aliphatic rings. The average molecular weight is 223 g/mol. The zero-order chi connectivity index (χ0) is 9.07. The molecule has 0 spiro atoms. The standard InChI is InChI=1S/C9H20PS2/c1-3-5-7-9-11-12-10-8-6-4-2/h3-9H2,1-2H3. The summed E-state index contributed by atoms with van der Waals surface area (Å²) in [5, 5.41) is 0. The maximum Gasteiger partial charge on any atom is 0.00402 e. The van der Waals surface area contributed by atoms with Crippen molar-refractivity contribution in [1.29, 1.82) is 0 Å². The van der Waals surface area contributed by atoms with Crippen molar-refractivity contribution >= 4 is 29.0 Å². The molecule has 0 nitrogen and oxygen atoms in total. The van der Waals surface area contributed by atoms with Crippen molar-refractivity contribution in [3.05, 3.63) is 0 Å². The van der Waals surface area contributed by atoms with Gasteiger partial charge in [-0.05, 0) is 19.0 Å². The van der Waals surface area contributed by atoms with Crippen LogP contribution in [0.1, 0.15) is 46.0 Å². The molecule has 73 valence electrons. The van der Waals surface area contributed by atoms with E-state index >= 15 is 0 Å². The molecule has 0 saturated heterocycles. The van der Waals surface area contributed by atoms with Gasteiger partial charge in [-0.2, -0.15) is 0 Å². The third-order valence-corrected chi connectivity index (χ3v) is 6.28. The molecule has 3 heteroatoms. The van der Waals surface area contributed by atoms with Crippen molar-refractivity contribution < 1.29 is 0 Å². The molecule has 0 aliphatic heterocycles. The van der Waals surface area contributed by atoms with Crippen LogP contribution < -0.4 is 0 Å². The molecule has 0 aliphatic carbocycles. The minimum atomic E-state index is 1.34. The molecule has 0 rings (SSSR count). The molecule has 0 aromatic rings. The smallest absolute Gasteiger partial charge is 0.00402 e. The van der Waals surface area contributed by atoms with E-state index in [4.69, 9.17) is 0 Å². The van der Waals surface area contributed by atoms with Crippen LogP contribution in [0.15, 0.2) is 0 Å². The maximum atomic E-state index is 2.26. The summed E-state index contributed by atoms with van der Waals surface area (Å²) in [4.78, 5) is 0. The van der Waals surface area contributed by atoms with Gasteiger partial charge in [-0.3, -0.25) is 0 Å². The van der Waals surface area contributed by atoms with E-state index in [0.29, 0.717) is 0 Å². The van der Waals surface area contributed by atoms with Crippen molar-refractivity contribution in [3.8, 4) is 0 Å². The number of rotatable bonds is 9. The predicted molar refractivity (Wildman–Crippen MR) is 66.3 cm³/mol. The van der Waals surface area contributed by atoms with E-state index in [1.807, 2.05) is 21.2 Å². The minimum absolute atomic E-state index is 1.34. The quantitative estimate of drug-likeness (QED) is 0.298. The van der Waals surface area contributed by atoms with Crippen molar-refractivity contribution in [3.63, 3.8) is 0 Å². The number of hydrogen-bond acceptors (Lipinski definition) is 2. The third kappa shape index (κ3) is 11.1. The van der Waals surface area contributed by atoms with Gasteiger partial charge in [0.1, 0.15) is 0 Å². The Morgan fingerprint density at radius 2 is 1.75 bits per heavy atom. The first kappa shape index (κ1) is 13.1. The van der Waals surface area contributed by atoms with Gasteiger partial charge < -0.3 is 0 Å². The molecule has 0 heterocycles.